The fourth-order valence-corrected chi connectivity index (χ4v) is 4.84. The third-order valence-corrected chi connectivity index (χ3v) is 6.14. The van der Waals surface area contributed by atoms with E-state index in [0.717, 1.165) is 6.54 Å². The van der Waals surface area contributed by atoms with Gasteiger partial charge in [0.05, 0.1) is 31.2 Å². The summed E-state index contributed by atoms with van der Waals surface area (Å²) in [7, 11) is 0. The van der Waals surface area contributed by atoms with Crippen molar-refractivity contribution >= 4 is 17.8 Å². The lowest BCUT2D eigenvalue weighted by Crippen LogP contribution is -2.81. The highest BCUT2D eigenvalue weighted by Crippen LogP contribution is 2.37. The van der Waals surface area contributed by atoms with E-state index >= 15 is 0 Å². The SMILES string of the molecule is CC(C)C(=O)N1C[C@@H]2COCCN2C2(CN(C(=O)CC(C)(C)CC(=O)O)C2)C1. The molecule has 2 amide bonds. The number of carbonyl (C=O) groups is 3. The van der Waals surface area contributed by atoms with E-state index in [9.17, 15) is 14.4 Å². The van der Waals surface area contributed by atoms with Crippen LogP contribution in [0.15, 0.2) is 0 Å². The minimum absolute atomic E-state index is 0.00556. The molecule has 1 N–H and O–H groups in total. The Kier molecular flexibility index (Phi) is 5.74. The topological polar surface area (TPSA) is 90.4 Å². The standard InChI is InChI=1S/C20H33N3O5/c1-14(2)18(27)21-9-15-10-28-6-5-23(15)20(11-21)12-22(13-20)16(24)7-19(3,4)8-17(25)26/h14-15H,5-13H2,1-4H3,(H,25,26)/t15-/m1/s1. The molecule has 3 rings (SSSR count). The molecule has 28 heavy (non-hydrogen) atoms. The number of carboxylic acids is 1. The van der Waals surface area contributed by atoms with E-state index in [1.807, 2.05) is 37.5 Å². The number of morpholine rings is 1. The molecule has 3 aliphatic heterocycles. The van der Waals surface area contributed by atoms with Crippen LogP contribution in [0.1, 0.15) is 40.5 Å². The summed E-state index contributed by atoms with van der Waals surface area (Å²) in [6.45, 7) is 12.1. The van der Waals surface area contributed by atoms with E-state index in [-0.39, 0.29) is 42.2 Å². The molecule has 1 spiro atoms. The molecule has 0 bridgehead atoms. The second-order valence-corrected chi connectivity index (χ2v) is 9.68. The first-order chi connectivity index (χ1) is 13.0. The van der Waals surface area contributed by atoms with Crippen molar-refractivity contribution in [3.8, 4) is 0 Å². The van der Waals surface area contributed by atoms with Gasteiger partial charge in [0.15, 0.2) is 0 Å². The normalized spacial score (nSPS) is 24.8. The molecule has 1 atom stereocenters. The molecule has 0 radical (unpaired) electrons. The number of aliphatic carboxylic acids is 1. The van der Waals surface area contributed by atoms with E-state index in [4.69, 9.17) is 9.84 Å². The molecule has 3 fully saturated rings. The maximum atomic E-state index is 12.7. The third-order valence-electron chi connectivity index (χ3n) is 6.14. The molecule has 158 valence electrons. The van der Waals surface area contributed by atoms with E-state index in [1.165, 1.54) is 0 Å². The third kappa shape index (κ3) is 4.17. The number of rotatable bonds is 5. The van der Waals surface area contributed by atoms with Crippen molar-refractivity contribution in [2.45, 2.75) is 52.1 Å². The Balaban J connectivity index is 1.68. The Morgan fingerprint density at radius 1 is 1.14 bits per heavy atom. The maximum Gasteiger partial charge on any atom is 0.303 e. The average molecular weight is 396 g/mol. The smallest absolute Gasteiger partial charge is 0.303 e. The summed E-state index contributed by atoms with van der Waals surface area (Å²) in [4.78, 5) is 42.6. The number of carbonyl (C=O) groups excluding carboxylic acids is 2. The summed E-state index contributed by atoms with van der Waals surface area (Å²) >= 11 is 0. The molecule has 8 nitrogen and oxygen atoms in total. The van der Waals surface area contributed by atoms with Gasteiger partial charge in [-0.3, -0.25) is 19.3 Å². The van der Waals surface area contributed by atoms with Crippen molar-refractivity contribution < 1.29 is 24.2 Å². The molecule has 3 aliphatic rings. The maximum absolute atomic E-state index is 12.7. The Hall–Kier alpha value is -1.67. The van der Waals surface area contributed by atoms with Crippen LogP contribution >= 0.6 is 0 Å². The highest BCUT2D eigenvalue weighted by atomic mass is 16.5. The Morgan fingerprint density at radius 2 is 1.79 bits per heavy atom. The second-order valence-electron chi connectivity index (χ2n) is 9.68. The minimum Gasteiger partial charge on any atom is -0.481 e. The first-order valence-corrected chi connectivity index (χ1v) is 10.2. The van der Waals surface area contributed by atoms with E-state index in [2.05, 4.69) is 4.90 Å². The predicted molar refractivity (Wildman–Crippen MR) is 103 cm³/mol. The average Bonchev–Trinajstić information content (AvgIpc) is 2.56. The Bertz CT molecular complexity index is 642. The van der Waals surface area contributed by atoms with Crippen LogP contribution in [0.2, 0.25) is 0 Å². The fraction of sp³-hybridized carbons (Fsp3) is 0.850. The summed E-state index contributed by atoms with van der Waals surface area (Å²) in [5.41, 5.74) is -0.775. The number of piperazine rings is 1. The van der Waals surface area contributed by atoms with Crippen LogP contribution in [0.4, 0.5) is 0 Å². The molecule has 0 aromatic carbocycles. The molecule has 3 saturated heterocycles. The number of nitrogens with zero attached hydrogens (tertiary/aromatic N) is 3. The van der Waals surface area contributed by atoms with Crippen LogP contribution in [0, 0.1) is 11.3 Å². The zero-order valence-electron chi connectivity index (χ0n) is 17.4. The van der Waals surface area contributed by atoms with Crippen LogP contribution in [-0.4, -0.2) is 95.1 Å². The van der Waals surface area contributed by atoms with Gasteiger partial charge in [0.2, 0.25) is 11.8 Å². The van der Waals surface area contributed by atoms with Gasteiger partial charge in [0.25, 0.3) is 0 Å². The predicted octanol–water partition coefficient (Wildman–Crippen LogP) is 0.657. The summed E-state index contributed by atoms with van der Waals surface area (Å²) in [6.07, 6.45) is 0.191. The number of hydrogen-bond acceptors (Lipinski definition) is 5. The van der Waals surface area contributed by atoms with Gasteiger partial charge in [-0.2, -0.15) is 0 Å². The lowest BCUT2D eigenvalue weighted by molar-refractivity contribution is -0.183. The number of ether oxygens (including phenoxy) is 1. The van der Waals surface area contributed by atoms with Gasteiger partial charge < -0.3 is 19.6 Å². The summed E-state index contributed by atoms with van der Waals surface area (Å²) in [5.74, 6) is -0.794. The molecule has 0 aromatic heterocycles. The van der Waals surface area contributed by atoms with Crippen molar-refractivity contribution in [1.82, 2.24) is 14.7 Å². The van der Waals surface area contributed by atoms with Gasteiger partial charge in [0.1, 0.15) is 0 Å². The van der Waals surface area contributed by atoms with Crippen LogP contribution in [-0.2, 0) is 19.1 Å². The lowest BCUT2D eigenvalue weighted by Gasteiger charge is -2.63. The largest absolute Gasteiger partial charge is 0.481 e. The van der Waals surface area contributed by atoms with Gasteiger partial charge >= 0.3 is 5.97 Å². The molecule has 3 heterocycles. The fourth-order valence-electron chi connectivity index (χ4n) is 4.84. The minimum atomic E-state index is -0.885. The van der Waals surface area contributed by atoms with Crippen molar-refractivity contribution in [3.05, 3.63) is 0 Å². The van der Waals surface area contributed by atoms with Crippen molar-refractivity contribution in [3.63, 3.8) is 0 Å². The summed E-state index contributed by atoms with van der Waals surface area (Å²) < 4.78 is 5.65. The van der Waals surface area contributed by atoms with Gasteiger partial charge in [-0.05, 0) is 5.41 Å². The van der Waals surface area contributed by atoms with Gasteiger partial charge in [-0.15, -0.1) is 0 Å². The monoisotopic (exact) mass is 395 g/mol. The number of hydrogen-bond donors (Lipinski definition) is 1. The van der Waals surface area contributed by atoms with Crippen molar-refractivity contribution in [2.24, 2.45) is 11.3 Å². The number of carboxylic acid groups (broad SMARTS) is 1. The molecule has 8 heteroatoms. The highest BCUT2D eigenvalue weighted by molar-refractivity contribution is 5.80. The first-order valence-electron chi connectivity index (χ1n) is 10.2. The quantitative estimate of drug-likeness (QED) is 0.735. The van der Waals surface area contributed by atoms with Gasteiger partial charge in [-0.25, -0.2) is 0 Å². The first kappa shape index (κ1) is 21.0. The van der Waals surface area contributed by atoms with Crippen molar-refractivity contribution in [2.75, 3.05) is 45.9 Å². The molecule has 0 aliphatic carbocycles. The van der Waals surface area contributed by atoms with Crippen LogP contribution in [0.5, 0.6) is 0 Å². The van der Waals surface area contributed by atoms with Crippen molar-refractivity contribution in [1.29, 1.82) is 0 Å². The van der Waals surface area contributed by atoms with Crippen LogP contribution in [0.25, 0.3) is 0 Å². The number of amides is 2. The molecule has 0 unspecified atom stereocenters. The summed E-state index contributed by atoms with van der Waals surface area (Å²) in [6, 6.07) is 0.172. The van der Waals surface area contributed by atoms with E-state index in [0.29, 0.717) is 39.4 Å². The zero-order valence-corrected chi connectivity index (χ0v) is 17.4. The number of fused-ring (bicyclic) bond motifs is 2. The highest BCUT2D eigenvalue weighted by Gasteiger charge is 2.56. The summed E-state index contributed by atoms with van der Waals surface area (Å²) in [5, 5.41) is 9.04. The second kappa shape index (κ2) is 7.63. The van der Waals surface area contributed by atoms with E-state index < -0.39 is 11.4 Å². The molecule has 0 aromatic rings. The molecular weight excluding hydrogens is 362 g/mol. The van der Waals surface area contributed by atoms with Gasteiger partial charge in [-0.1, -0.05) is 27.7 Å². The van der Waals surface area contributed by atoms with Crippen LogP contribution < -0.4 is 0 Å². The molecular formula is C20H33N3O5. The molecule has 0 saturated carbocycles. The van der Waals surface area contributed by atoms with E-state index in [1.54, 1.807) is 0 Å². The van der Waals surface area contributed by atoms with Gasteiger partial charge in [0, 0.05) is 45.1 Å². The zero-order chi connectivity index (χ0) is 20.7. The van der Waals surface area contributed by atoms with Crippen LogP contribution in [0.3, 0.4) is 0 Å². The lowest BCUT2D eigenvalue weighted by atomic mass is 9.80. The Labute approximate surface area is 166 Å². The Morgan fingerprint density at radius 3 is 2.39 bits per heavy atom. The number of likely N-dealkylation sites (tertiary alicyclic amines) is 1.